The van der Waals surface area contributed by atoms with Gasteiger partial charge in [0, 0.05) is 5.39 Å². The highest BCUT2D eigenvalue weighted by Crippen LogP contribution is 2.30. The Bertz CT molecular complexity index is 500. The van der Waals surface area contributed by atoms with Gasteiger partial charge in [0.1, 0.15) is 5.75 Å². The Morgan fingerprint density at radius 3 is 2.62 bits per heavy atom. The van der Waals surface area contributed by atoms with Gasteiger partial charge in [-0.2, -0.15) is 0 Å². The molecule has 0 bridgehead atoms. The van der Waals surface area contributed by atoms with Gasteiger partial charge < -0.3 is 5.11 Å². The Balaban J connectivity index is 2.56. The average molecular weight is 214 g/mol. The molecule has 0 saturated carbocycles. The van der Waals surface area contributed by atoms with Crippen molar-refractivity contribution in [2.45, 2.75) is 33.1 Å². The van der Waals surface area contributed by atoms with E-state index in [2.05, 4.69) is 19.1 Å². The first-order chi connectivity index (χ1) is 7.74. The number of fused-ring (bicyclic) bond motifs is 1. The van der Waals surface area contributed by atoms with Crippen LogP contribution in [0.4, 0.5) is 0 Å². The van der Waals surface area contributed by atoms with Gasteiger partial charge in [-0.25, -0.2) is 0 Å². The SMILES string of the molecule is CCCCc1cccc2c(O)c(C)ccc12. The van der Waals surface area contributed by atoms with Crippen molar-refractivity contribution >= 4 is 10.8 Å². The van der Waals surface area contributed by atoms with Gasteiger partial charge in [0.25, 0.3) is 0 Å². The summed E-state index contributed by atoms with van der Waals surface area (Å²) in [5.41, 5.74) is 2.29. The number of hydrogen-bond donors (Lipinski definition) is 1. The van der Waals surface area contributed by atoms with E-state index in [1.807, 2.05) is 25.1 Å². The molecule has 1 heteroatoms. The summed E-state index contributed by atoms with van der Waals surface area (Å²) in [6.45, 7) is 4.14. The normalized spacial score (nSPS) is 10.9. The number of aromatic hydroxyl groups is 1. The van der Waals surface area contributed by atoms with Crippen LogP contribution in [0.25, 0.3) is 10.8 Å². The lowest BCUT2D eigenvalue weighted by atomic mass is 9.98. The highest BCUT2D eigenvalue weighted by atomic mass is 16.3. The molecule has 0 unspecified atom stereocenters. The first-order valence-corrected chi connectivity index (χ1v) is 5.94. The molecular formula is C15H18O. The molecule has 0 spiro atoms. The van der Waals surface area contributed by atoms with Crippen molar-refractivity contribution in [2.75, 3.05) is 0 Å². The van der Waals surface area contributed by atoms with Crippen molar-refractivity contribution in [3.05, 3.63) is 41.5 Å². The fraction of sp³-hybridized carbons (Fsp3) is 0.333. The van der Waals surface area contributed by atoms with E-state index in [-0.39, 0.29) is 0 Å². The second-order valence-corrected chi connectivity index (χ2v) is 4.35. The van der Waals surface area contributed by atoms with Crippen molar-refractivity contribution in [1.82, 2.24) is 0 Å². The van der Waals surface area contributed by atoms with E-state index in [9.17, 15) is 5.11 Å². The third kappa shape index (κ3) is 1.90. The van der Waals surface area contributed by atoms with Crippen LogP contribution in [0.3, 0.4) is 0 Å². The summed E-state index contributed by atoms with van der Waals surface area (Å²) < 4.78 is 0. The molecule has 84 valence electrons. The van der Waals surface area contributed by atoms with Gasteiger partial charge in [0.2, 0.25) is 0 Å². The molecule has 0 aliphatic rings. The van der Waals surface area contributed by atoms with Crippen LogP contribution < -0.4 is 0 Å². The molecule has 0 radical (unpaired) electrons. The molecule has 16 heavy (non-hydrogen) atoms. The Morgan fingerprint density at radius 1 is 1.06 bits per heavy atom. The van der Waals surface area contributed by atoms with E-state index in [0.717, 1.165) is 17.4 Å². The number of benzene rings is 2. The molecule has 0 atom stereocenters. The number of phenolic OH excluding ortho intramolecular Hbond substituents is 1. The molecule has 2 aromatic rings. The number of phenols is 1. The van der Waals surface area contributed by atoms with Crippen LogP contribution in [0.2, 0.25) is 0 Å². The van der Waals surface area contributed by atoms with Gasteiger partial charge in [-0.3, -0.25) is 0 Å². The summed E-state index contributed by atoms with van der Waals surface area (Å²) in [7, 11) is 0. The van der Waals surface area contributed by atoms with Gasteiger partial charge in [-0.05, 0) is 36.3 Å². The van der Waals surface area contributed by atoms with Gasteiger partial charge in [0.05, 0.1) is 0 Å². The quantitative estimate of drug-likeness (QED) is 0.812. The van der Waals surface area contributed by atoms with Crippen LogP contribution in [0, 0.1) is 6.92 Å². The molecule has 0 heterocycles. The number of unbranched alkanes of at least 4 members (excludes halogenated alkanes) is 1. The molecular weight excluding hydrogens is 196 g/mol. The van der Waals surface area contributed by atoms with E-state index in [4.69, 9.17) is 0 Å². The van der Waals surface area contributed by atoms with Gasteiger partial charge >= 0.3 is 0 Å². The van der Waals surface area contributed by atoms with E-state index in [1.54, 1.807) is 0 Å². The maximum Gasteiger partial charge on any atom is 0.126 e. The van der Waals surface area contributed by atoms with Crippen molar-refractivity contribution < 1.29 is 5.11 Å². The fourth-order valence-electron chi connectivity index (χ4n) is 2.10. The minimum absolute atomic E-state index is 0.427. The topological polar surface area (TPSA) is 20.2 Å². The fourth-order valence-corrected chi connectivity index (χ4v) is 2.10. The van der Waals surface area contributed by atoms with Gasteiger partial charge in [-0.1, -0.05) is 43.7 Å². The van der Waals surface area contributed by atoms with Crippen LogP contribution in [0.5, 0.6) is 5.75 Å². The van der Waals surface area contributed by atoms with E-state index >= 15 is 0 Å². The Labute approximate surface area is 96.7 Å². The highest BCUT2D eigenvalue weighted by Gasteiger charge is 2.05. The van der Waals surface area contributed by atoms with E-state index < -0.39 is 0 Å². The lowest BCUT2D eigenvalue weighted by Crippen LogP contribution is -1.88. The third-order valence-electron chi connectivity index (χ3n) is 3.12. The molecule has 0 aromatic heterocycles. The largest absolute Gasteiger partial charge is 0.507 e. The molecule has 0 aliphatic heterocycles. The Morgan fingerprint density at radius 2 is 1.88 bits per heavy atom. The van der Waals surface area contributed by atoms with Crippen LogP contribution >= 0.6 is 0 Å². The molecule has 1 N–H and O–H groups in total. The number of hydrogen-bond acceptors (Lipinski definition) is 1. The molecule has 0 aliphatic carbocycles. The van der Waals surface area contributed by atoms with Crippen molar-refractivity contribution in [2.24, 2.45) is 0 Å². The van der Waals surface area contributed by atoms with Crippen LogP contribution in [-0.4, -0.2) is 5.11 Å². The summed E-state index contributed by atoms with van der Waals surface area (Å²) in [6, 6.07) is 10.3. The van der Waals surface area contributed by atoms with Crippen molar-refractivity contribution in [1.29, 1.82) is 0 Å². The lowest BCUT2D eigenvalue weighted by Gasteiger charge is -2.09. The predicted octanol–water partition coefficient (Wildman–Crippen LogP) is 4.20. The lowest BCUT2D eigenvalue weighted by molar-refractivity contribution is 0.477. The van der Waals surface area contributed by atoms with Gasteiger partial charge in [-0.15, -0.1) is 0 Å². The maximum atomic E-state index is 10.0. The molecule has 1 nitrogen and oxygen atoms in total. The maximum absolute atomic E-state index is 10.0. The minimum Gasteiger partial charge on any atom is -0.507 e. The summed E-state index contributed by atoms with van der Waals surface area (Å²) in [5.74, 6) is 0.427. The predicted molar refractivity (Wildman–Crippen MR) is 69.0 cm³/mol. The first kappa shape index (κ1) is 11.0. The summed E-state index contributed by atoms with van der Waals surface area (Å²) in [4.78, 5) is 0. The van der Waals surface area contributed by atoms with E-state index in [1.165, 1.54) is 23.8 Å². The number of aryl methyl sites for hydroxylation is 2. The van der Waals surface area contributed by atoms with Crippen LogP contribution in [-0.2, 0) is 6.42 Å². The molecule has 0 amide bonds. The molecule has 2 rings (SSSR count). The summed E-state index contributed by atoms with van der Waals surface area (Å²) in [6.07, 6.45) is 3.50. The van der Waals surface area contributed by atoms with Crippen LogP contribution in [0.15, 0.2) is 30.3 Å². The average Bonchev–Trinajstić information content (AvgIpc) is 2.31. The monoisotopic (exact) mass is 214 g/mol. The smallest absolute Gasteiger partial charge is 0.126 e. The highest BCUT2D eigenvalue weighted by molar-refractivity contribution is 5.91. The zero-order valence-corrected chi connectivity index (χ0v) is 9.96. The van der Waals surface area contributed by atoms with E-state index in [0.29, 0.717) is 5.75 Å². The summed E-state index contributed by atoms with van der Waals surface area (Å²) >= 11 is 0. The zero-order valence-electron chi connectivity index (χ0n) is 9.96. The number of rotatable bonds is 3. The zero-order chi connectivity index (χ0) is 11.5. The van der Waals surface area contributed by atoms with Crippen molar-refractivity contribution in [3.8, 4) is 5.75 Å². The molecule has 2 aromatic carbocycles. The van der Waals surface area contributed by atoms with Crippen LogP contribution in [0.1, 0.15) is 30.9 Å². The second-order valence-electron chi connectivity index (χ2n) is 4.35. The Kier molecular flexibility index (Phi) is 3.14. The van der Waals surface area contributed by atoms with Gasteiger partial charge in [0.15, 0.2) is 0 Å². The third-order valence-corrected chi connectivity index (χ3v) is 3.12. The molecule has 0 saturated heterocycles. The second kappa shape index (κ2) is 4.56. The van der Waals surface area contributed by atoms with Crippen molar-refractivity contribution in [3.63, 3.8) is 0 Å². The Hall–Kier alpha value is -1.50. The molecule has 0 fully saturated rings. The first-order valence-electron chi connectivity index (χ1n) is 5.94. The minimum atomic E-state index is 0.427. The standard InChI is InChI=1S/C15H18O/c1-3-4-6-12-7-5-8-14-13(12)10-9-11(2)15(14)16/h5,7-10,16H,3-4,6H2,1-2H3. The summed E-state index contributed by atoms with van der Waals surface area (Å²) in [5, 5.41) is 12.2.